The molecule has 2 aromatic rings. The van der Waals surface area contributed by atoms with Gasteiger partial charge >= 0.3 is 0 Å². The molecule has 7 nitrogen and oxygen atoms in total. The Balaban J connectivity index is 2.49. The van der Waals surface area contributed by atoms with E-state index in [1.165, 1.54) is 32.4 Å². The third-order valence-corrected chi connectivity index (χ3v) is 5.51. The molecule has 0 saturated carbocycles. The van der Waals surface area contributed by atoms with Gasteiger partial charge in [-0.15, -0.1) is 6.58 Å². The lowest BCUT2D eigenvalue weighted by Crippen LogP contribution is -2.41. The summed E-state index contributed by atoms with van der Waals surface area (Å²) in [6.45, 7) is 3.37. The molecule has 1 amide bonds. The molecule has 0 aliphatic carbocycles. The number of amides is 1. The van der Waals surface area contributed by atoms with Gasteiger partial charge in [0.1, 0.15) is 18.0 Å². The molecular formula is C19H22N2O5S. The van der Waals surface area contributed by atoms with E-state index in [9.17, 15) is 13.2 Å². The molecular weight excluding hydrogens is 368 g/mol. The largest absolute Gasteiger partial charge is 0.497 e. The van der Waals surface area contributed by atoms with Gasteiger partial charge in [0.05, 0.1) is 24.8 Å². The number of methoxy groups -OCH3 is 2. The molecule has 0 heterocycles. The molecule has 0 saturated heterocycles. The maximum atomic E-state index is 13.2. The van der Waals surface area contributed by atoms with E-state index in [2.05, 4.69) is 11.9 Å². The summed E-state index contributed by atoms with van der Waals surface area (Å²) < 4.78 is 37.9. The quantitative estimate of drug-likeness (QED) is 0.664. The van der Waals surface area contributed by atoms with Crippen LogP contribution in [0.3, 0.4) is 0 Å². The molecule has 2 rings (SSSR count). The average Bonchev–Trinajstić information content (AvgIpc) is 2.70. The van der Waals surface area contributed by atoms with Crippen molar-refractivity contribution in [2.75, 3.05) is 31.6 Å². The number of carbonyl (C=O) groups excluding carboxylic acids is 1. The predicted octanol–water partition coefficient (Wildman–Crippen LogP) is 2.20. The van der Waals surface area contributed by atoms with Crippen LogP contribution in [0.1, 0.15) is 0 Å². The second-order valence-electron chi connectivity index (χ2n) is 5.45. The van der Waals surface area contributed by atoms with Gasteiger partial charge in [0, 0.05) is 6.54 Å². The number of carbonyl (C=O) groups is 1. The minimum atomic E-state index is -4.02. The molecule has 0 bridgehead atoms. The standard InChI is InChI=1S/C19H22N2O5S/c1-4-13-20-19(22)14-21(17-7-5-6-8-18(17)26-3)27(23,24)16-11-9-15(25-2)10-12-16/h4-12H,1,13-14H2,2-3H3,(H,20,22). The van der Waals surface area contributed by atoms with Crippen LogP contribution in [0.15, 0.2) is 66.1 Å². The Morgan fingerprint density at radius 3 is 2.37 bits per heavy atom. The smallest absolute Gasteiger partial charge is 0.264 e. The second-order valence-corrected chi connectivity index (χ2v) is 7.31. The van der Waals surface area contributed by atoms with Crippen molar-refractivity contribution in [3.8, 4) is 11.5 Å². The molecule has 0 aromatic heterocycles. The summed E-state index contributed by atoms with van der Waals surface area (Å²) in [7, 11) is -1.09. The lowest BCUT2D eigenvalue weighted by Gasteiger charge is -2.25. The lowest BCUT2D eigenvalue weighted by atomic mass is 10.3. The number of anilines is 1. The summed E-state index contributed by atoms with van der Waals surface area (Å²) >= 11 is 0. The number of sulfonamides is 1. The zero-order valence-electron chi connectivity index (χ0n) is 15.2. The highest BCUT2D eigenvalue weighted by atomic mass is 32.2. The van der Waals surface area contributed by atoms with Crippen LogP contribution in [0.4, 0.5) is 5.69 Å². The molecule has 2 aromatic carbocycles. The third-order valence-electron chi connectivity index (χ3n) is 3.73. The first-order valence-electron chi connectivity index (χ1n) is 8.11. The highest BCUT2D eigenvalue weighted by molar-refractivity contribution is 7.92. The van der Waals surface area contributed by atoms with E-state index in [1.54, 1.807) is 36.4 Å². The van der Waals surface area contributed by atoms with E-state index in [4.69, 9.17) is 9.47 Å². The second kappa shape index (κ2) is 9.09. The van der Waals surface area contributed by atoms with Crippen LogP contribution in [0, 0.1) is 0 Å². The van der Waals surface area contributed by atoms with Crippen molar-refractivity contribution in [2.45, 2.75) is 4.90 Å². The predicted molar refractivity (Wildman–Crippen MR) is 104 cm³/mol. The topological polar surface area (TPSA) is 84.9 Å². The van der Waals surface area contributed by atoms with Crippen LogP contribution >= 0.6 is 0 Å². The summed E-state index contributed by atoms with van der Waals surface area (Å²) in [6, 6.07) is 12.6. The number of hydrogen-bond acceptors (Lipinski definition) is 5. The zero-order chi connectivity index (χ0) is 19.9. The Morgan fingerprint density at radius 1 is 1.11 bits per heavy atom. The van der Waals surface area contributed by atoms with E-state index in [0.29, 0.717) is 11.5 Å². The van der Waals surface area contributed by atoms with E-state index in [1.807, 2.05) is 0 Å². The fraction of sp³-hybridized carbons (Fsp3) is 0.211. The first-order chi connectivity index (χ1) is 12.9. The van der Waals surface area contributed by atoms with E-state index in [-0.39, 0.29) is 17.1 Å². The molecule has 0 spiro atoms. The van der Waals surface area contributed by atoms with Gasteiger partial charge in [0.25, 0.3) is 10.0 Å². The fourth-order valence-electron chi connectivity index (χ4n) is 2.38. The molecule has 0 unspecified atom stereocenters. The lowest BCUT2D eigenvalue weighted by molar-refractivity contribution is -0.119. The molecule has 0 radical (unpaired) electrons. The van der Waals surface area contributed by atoms with Gasteiger partial charge in [-0.25, -0.2) is 8.42 Å². The Hall–Kier alpha value is -3.00. The van der Waals surface area contributed by atoms with Crippen LogP contribution in [0.25, 0.3) is 0 Å². The summed E-state index contributed by atoms with van der Waals surface area (Å²) in [5.41, 5.74) is 0.268. The van der Waals surface area contributed by atoms with E-state index >= 15 is 0 Å². The Labute approximate surface area is 159 Å². The van der Waals surface area contributed by atoms with Crippen molar-refractivity contribution in [3.63, 3.8) is 0 Å². The van der Waals surface area contributed by atoms with Crippen LogP contribution in [0.5, 0.6) is 11.5 Å². The van der Waals surface area contributed by atoms with Crippen molar-refractivity contribution >= 4 is 21.6 Å². The number of ether oxygens (including phenoxy) is 2. The maximum Gasteiger partial charge on any atom is 0.264 e. The number of para-hydroxylation sites is 2. The van der Waals surface area contributed by atoms with E-state index < -0.39 is 22.5 Å². The van der Waals surface area contributed by atoms with Gasteiger partial charge in [-0.3, -0.25) is 9.10 Å². The first-order valence-corrected chi connectivity index (χ1v) is 9.55. The molecule has 0 fully saturated rings. The highest BCUT2D eigenvalue weighted by Crippen LogP contribution is 2.32. The molecule has 0 aliphatic heterocycles. The SMILES string of the molecule is C=CCNC(=O)CN(c1ccccc1OC)S(=O)(=O)c1ccc(OC)cc1. The Bertz CT molecular complexity index is 895. The van der Waals surface area contributed by atoms with Crippen LogP contribution < -0.4 is 19.1 Å². The minimum Gasteiger partial charge on any atom is -0.497 e. The van der Waals surface area contributed by atoms with Crippen molar-refractivity contribution in [3.05, 3.63) is 61.2 Å². The number of nitrogens with one attached hydrogen (secondary N) is 1. The van der Waals surface area contributed by atoms with Crippen LogP contribution in [-0.2, 0) is 14.8 Å². The minimum absolute atomic E-state index is 0.0331. The van der Waals surface area contributed by atoms with Crippen molar-refractivity contribution < 1.29 is 22.7 Å². The van der Waals surface area contributed by atoms with Crippen LogP contribution in [0.2, 0.25) is 0 Å². The van der Waals surface area contributed by atoms with Gasteiger partial charge in [0.2, 0.25) is 5.91 Å². The maximum absolute atomic E-state index is 13.2. The number of hydrogen-bond donors (Lipinski definition) is 1. The zero-order valence-corrected chi connectivity index (χ0v) is 16.0. The van der Waals surface area contributed by atoms with E-state index in [0.717, 1.165) is 4.31 Å². The van der Waals surface area contributed by atoms with Crippen molar-refractivity contribution in [2.24, 2.45) is 0 Å². The Morgan fingerprint density at radius 2 is 1.78 bits per heavy atom. The molecule has 27 heavy (non-hydrogen) atoms. The molecule has 8 heteroatoms. The number of rotatable bonds is 9. The summed E-state index contributed by atoms with van der Waals surface area (Å²) in [5, 5.41) is 2.59. The fourth-order valence-corrected chi connectivity index (χ4v) is 3.81. The number of nitrogens with zero attached hydrogens (tertiary/aromatic N) is 1. The van der Waals surface area contributed by atoms with Gasteiger partial charge in [0.15, 0.2) is 0 Å². The third kappa shape index (κ3) is 4.79. The first kappa shape index (κ1) is 20.3. The number of benzene rings is 2. The highest BCUT2D eigenvalue weighted by Gasteiger charge is 2.29. The molecule has 0 atom stereocenters. The Kier molecular flexibility index (Phi) is 6.84. The van der Waals surface area contributed by atoms with Crippen molar-refractivity contribution in [1.82, 2.24) is 5.32 Å². The average molecular weight is 390 g/mol. The van der Waals surface area contributed by atoms with Gasteiger partial charge < -0.3 is 14.8 Å². The van der Waals surface area contributed by atoms with Gasteiger partial charge in [-0.1, -0.05) is 18.2 Å². The normalized spacial score (nSPS) is 10.7. The van der Waals surface area contributed by atoms with Crippen molar-refractivity contribution in [1.29, 1.82) is 0 Å². The molecule has 1 N–H and O–H groups in total. The summed E-state index contributed by atoms with van der Waals surface area (Å²) in [6.07, 6.45) is 1.52. The van der Waals surface area contributed by atoms with Gasteiger partial charge in [-0.2, -0.15) is 0 Å². The monoisotopic (exact) mass is 390 g/mol. The van der Waals surface area contributed by atoms with Crippen LogP contribution in [-0.4, -0.2) is 41.6 Å². The van der Waals surface area contributed by atoms with Gasteiger partial charge in [-0.05, 0) is 36.4 Å². The summed E-state index contributed by atoms with van der Waals surface area (Å²) in [4.78, 5) is 12.3. The molecule has 144 valence electrons. The summed E-state index contributed by atoms with van der Waals surface area (Å²) in [5.74, 6) is 0.408. The molecule has 0 aliphatic rings.